The van der Waals surface area contributed by atoms with Gasteiger partial charge in [0.05, 0.1) is 14.7 Å². The summed E-state index contributed by atoms with van der Waals surface area (Å²) in [7, 11) is 0. The van der Waals surface area contributed by atoms with Crippen LogP contribution in [0.1, 0.15) is 20.1 Å². The number of benzene rings is 1. The summed E-state index contributed by atoms with van der Waals surface area (Å²) >= 11 is 3.12. The SMILES string of the molecule is Cc1sc(C(=O)Nc2cccc(CN3CCSCC3)c2)cc1[N+](=O)[O-]. The fourth-order valence-electron chi connectivity index (χ4n) is 2.72. The molecule has 0 radical (unpaired) electrons. The molecule has 0 unspecified atom stereocenters. The highest BCUT2D eigenvalue weighted by molar-refractivity contribution is 7.99. The number of hydrogen-bond acceptors (Lipinski definition) is 6. The second-order valence-corrected chi connectivity index (χ2v) is 8.33. The Kier molecular flexibility index (Phi) is 5.72. The molecule has 1 aromatic carbocycles. The van der Waals surface area contributed by atoms with Crippen molar-refractivity contribution in [2.45, 2.75) is 13.5 Å². The maximum Gasteiger partial charge on any atom is 0.283 e. The first-order chi connectivity index (χ1) is 12.0. The van der Waals surface area contributed by atoms with Gasteiger partial charge in [-0.25, -0.2) is 0 Å². The third kappa shape index (κ3) is 4.59. The number of nitrogens with zero attached hydrogens (tertiary/aromatic N) is 2. The minimum Gasteiger partial charge on any atom is -0.321 e. The predicted octanol–water partition coefficient (Wildman–Crippen LogP) is 3.77. The maximum absolute atomic E-state index is 12.4. The van der Waals surface area contributed by atoms with E-state index in [0.717, 1.165) is 48.0 Å². The highest BCUT2D eigenvalue weighted by Gasteiger charge is 2.19. The third-order valence-electron chi connectivity index (χ3n) is 4.01. The largest absolute Gasteiger partial charge is 0.321 e. The maximum atomic E-state index is 12.4. The van der Waals surface area contributed by atoms with Crippen molar-refractivity contribution in [1.82, 2.24) is 4.90 Å². The Morgan fingerprint density at radius 2 is 2.08 bits per heavy atom. The van der Waals surface area contributed by atoms with Crippen LogP contribution in [0.15, 0.2) is 30.3 Å². The van der Waals surface area contributed by atoms with E-state index >= 15 is 0 Å². The molecule has 1 aliphatic heterocycles. The molecule has 1 N–H and O–H groups in total. The van der Waals surface area contributed by atoms with E-state index in [1.807, 2.05) is 30.0 Å². The zero-order valence-electron chi connectivity index (χ0n) is 13.9. The van der Waals surface area contributed by atoms with Crippen molar-refractivity contribution < 1.29 is 9.72 Å². The molecule has 1 fully saturated rings. The molecule has 1 amide bonds. The summed E-state index contributed by atoms with van der Waals surface area (Å²) in [5, 5.41) is 13.8. The molecule has 2 heterocycles. The minimum atomic E-state index is -0.458. The fraction of sp³-hybridized carbons (Fsp3) is 0.353. The van der Waals surface area contributed by atoms with Crippen molar-refractivity contribution in [3.05, 3.63) is 55.8 Å². The van der Waals surface area contributed by atoms with Crippen LogP contribution in [0.4, 0.5) is 11.4 Å². The number of nitrogens with one attached hydrogen (secondary N) is 1. The fourth-order valence-corrected chi connectivity index (χ4v) is 4.58. The van der Waals surface area contributed by atoms with Gasteiger partial charge in [0.25, 0.3) is 11.6 Å². The average Bonchev–Trinajstić information content (AvgIpc) is 2.98. The van der Waals surface area contributed by atoms with Crippen molar-refractivity contribution in [3.63, 3.8) is 0 Å². The summed E-state index contributed by atoms with van der Waals surface area (Å²) < 4.78 is 0. The van der Waals surface area contributed by atoms with Crippen molar-refractivity contribution in [1.29, 1.82) is 0 Å². The molecule has 0 atom stereocenters. The summed E-state index contributed by atoms with van der Waals surface area (Å²) in [6.45, 7) is 4.68. The van der Waals surface area contributed by atoms with Crippen LogP contribution >= 0.6 is 23.1 Å². The van der Waals surface area contributed by atoms with Gasteiger partial charge in [-0.15, -0.1) is 11.3 Å². The molecule has 8 heteroatoms. The smallest absolute Gasteiger partial charge is 0.283 e. The second kappa shape index (κ2) is 7.99. The first-order valence-electron chi connectivity index (χ1n) is 7.98. The zero-order valence-corrected chi connectivity index (χ0v) is 15.5. The van der Waals surface area contributed by atoms with Gasteiger partial charge >= 0.3 is 0 Å². The molecule has 1 aromatic heterocycles. The molecule has 3 rings (SSSR count). The molecule has 0 saturated carbocycles. The highest BCUT2D eigenvalue weighted by atomic mass is 32.2. The number of thiophene rings is 1. The third-order valence-corrected chi connectivity index (χ3v) is 5.99. The number of thioether (sulfide) groups is 1. The molecule has 1 saturated heterocycles. The number of rotatable bonds is 5. The van der Waals surface area contributed by atoms with Crippen LogP contribution < -0.4 is 5.32 Å². The quantitative estimate of drug-likeness (QED) is 0.634. The van der Waals surface area contributed by atoms with Gasteiger partial charge in [-0.2, -0.15) is 11.8 Å². The van der Waals surface area contributed by atoms with Gasteiger partial charge in [0.15, 0.2) is 0 Å². The van der Waals surface area contributed by atoms with Crippen LogP contribution in [-0.4, -0.2) is 40.3 Å². The van der Waals surface area contributed by atoms with Gasteiger partial charge in [-0.3, -0.25) is 19.8 Å². The van der Waals surface area contributed by atoms with Gasteiger partial charge < -0.3 is 5.32 Å². The Balaban J connectivity index is 1.68. The second-order valence-electron chi connectivity index (χ2n) is 5.85. The zero-order chi connectivity index (χ0) is 17.8. The van der Waals surface area contributed by atoms with Crippen LogP contribution in [0.3, 0.4) is 0 Å². The molecular weight excluding hydrogens is 358 g/mol. The van der Waals surface area contributed by atoms with Gasteiger partial charge in [0.2, 0.25) is 0 Å². The van der Waals surface area contributed by atoms with Crippen molar-refractivity contribution in [2.24, 2.45) is 0 Å². The molecule has 1 aliphatic rings. The Labute approximate surface area is 154 Å². The first kappa shape index (κ1) is 17.9. The lowest BCUT2D eigenvalue weighted by Gasteiger charge is -2.26. The molecule has 25 heavy (non-hydrogen) atoms. The van der Waals surface area contributed by atoms with Crippen molar-refractivity contribution in [3.8, 4) is 0 Å². The summed E-state index contributed by atoms with van der Waals surface area (Å²) in [6, 6.07) is 9.12. The Morgan fingerprint density at radius 1 is 1.32 bits per heavy atom. The van der Waals surface area contributed by atoms with Gasteiger partial charge in [-0.1, -0.05) is 12.1 Å². The van der Waals surface area contributed by atoms with E-state index in [1.165, 1.54) is 6.07 Å². The lowest BCUT2D eigenvalue weighted by molar-refractivity contribution is -0.385. The summed E-state index contributed by atoms with van der Waals surface area (Å²) in [5.41, 5.74) is 1.85. The molecule has 0 aliphatic carbocycles. The normalized spacial score (nSPS) is 15.1. The lowest BCUT2D eigenvalue weighted by Crippen LogP contribution is -2.31. The van der Waals surface area contributed by atoms with E-state index in [9.17, 15) is 14.9 Å². The Morgan fingerprint density at radius 3 is 2.76 bits per heavy atom. The van der Waals surface area contributed by atoms with Gasteiger partial charge in [0.1, 0.15) is 0 Å². The van der Waals surface area contributed by atoms with Gasteiger partial charge in [0, 0.05) is 42.9 Å². The van der Waals surface area contributed by atoms with Crippen LogP contribution in [0, 0.1) is 17.0 Å². The number of amides is 1. The Bertz CT molecular complexity index is 785. The summed E-state index contributed by atoms with van der Waals surface area (Å²) in [6.07, 6.45) is 0. The van der Waals surface area contributed by atoms with Crippen molar-refractivity contribution in [2.75, 3.05) is 29.9 Å². The van der Waals surface area contributed by atoms with Crippen LogP contribution in [-0.2, 0) is 6.54 Å². The van der Waals surface area contributed by atoms with E-state index in [1.54, 1.807) is 6.92 Å². The number of carbonyl (C=O) groups excluding carboxylic acids is 1. The van der Waals surface area contributed by atoms with Crippen LogP contribution in [0.2, 0.25) is 0 Å². The monoisotopic (exact) mass is 377 g/mol. The van der Waals surface area contributed by atoms with E-state index in [2.05, 4.69) is 16.3 Å². The van der Waals surface area contributed by atoms with Crippen LogP contribution in [0.25, 0.3) is 0 Å². The number of aryl methyl sites for hydroxylation is 1. The van der Waals surface area contributed by atoms with Crippen molar-refractivity contribution >= 4 is 40.4 Å². The van der Waals surface area contributed by atoms with Gasteiger partial charge in [-0.05, 0) is 24.6 Å². The lowest BCUT2D eigenvalue weighted by atomic mass is 10.2. The number of hydrogen-bond donors (Lipinski definition) is 1. The number of anilines is 1. The van der Waals surface area contributed by atoms with Crippen LogP contribution in [0.5, 0.6) is 0 Å². The van der Waals surface area contributed by atoms with E-state index < -0.39 is 4.92 Å². The predicted molar refractivity (Wildman–Crippen MR) is 103 cm³/mol. The average molecular weight is 377 g/mol. The minimum absolute atomic E-state index is 0.00753. The van der Waals surface area contributed by atoms with E-state index in [4.69, 9.17) is 0 Å². The molecule has 0 bridgehead atoms. The van der Waals surface area contributed by atoms with E-state index in [-0.39, 0.29) is 11.6 Å². The first-order valence-corrected chi connectivity index (χ1v) is 9.95. The summed E-state index contributed by atoms with van der Waals surface area (Å²) in [5.74, 6) is 2.01. The molecule has 132 valence electrons. The number of nitro groups is 1. The number of carbonyl (C=O) groups is 1. The topological polar surface area (TPSA) is 75.5 Å². The van der Waals surface area contributed by atoms with E-state index in [0.29, 0.717) is 15.4 Å². The molecule has 2 aromatic rings. The summed E-state index contributed by atoms with van der Waals surface area (Å²) in [4.78, 5) is 26.1. The molecular formula is C17H19N3O3S2. The molecule has 6 nitrogen and oxygen atoms in total. The molecule has 0 spiro atoms. The standard InChI is InChI=1S/C17H19N3O3S2/c1-12-15(20(22)23)10-16(25-12)17(21)18-14-4-2-3-13(9-14)11-19-5-7-24-8-6-19/h2-4,9-10H,5-8,11H2,1H3,(H,18,21). The highest BCUT2D eigenvalue weighted by Crippen LogP contribution is 2.28. The Hall–Kier alpha value is -1.90.